The minimum Gasteiger partial charge on any atom is -0.336 e. The van der Waals surface area contributed by atoms with E-state index in [0.29, 0.717) is 26.2 Å². The molecule has 2 aromatic carbocycles. The third kappa shape index (κ3) is 5.93. The summed E-state index contributed by atoms with van der Waals surface area (Å²) < 4.78 is 0. The van der Waals surface area contributed by atoms with Gasteiger partial charge in [0.1, 0.15) is 0 Å². The molecule has 0 radical (unpaired) electrons. The highest BCUT2D eigenvalue weighted by Crippen LogP contribution is 2.18. The maximum Gasteiger partial charge on any atom is 0.246 e. The molecule has 1 aliphatic rings. The number of benzene rings is 2. The Hall–Kier alpha value is -4.84. The number of nitrogens with zero attached hydrogens (tertiary/aromatic N) is 4. The predicted molar refractivity (Wildman–Crippen MR) is 153 cm³/mol. The van der Waals surface area contributed by atoms with Crippen LogP contribution in [0, 0.1) is 0 Å². The second-order valence-electron chi connectivity index (χ2n) is 8.92. The van der Waals surface area contributed by atoms with Gasteiger partial charge >= 0.3 is 0 Å². The zero-order valence-electron chi connectivity index (χ0n) is 21.0. The van der Waals surface area contributed by atoms with E-state index in [-0.39, 0.29) is 11.8 Å². The Kier molecular flexibility index (Phi) is 7.80. The summed E-state index contributed by atoms with van der Waals surface area (Å²) in [4.78, 5) is 37.5. The molecule has 0 unspecified atom stereocenters. The Balaban J connectivity index is 1.10. The molecule has 0 spiro atoms. The third-order valence-electron chi connectivity index (χ3n) is 6.52. The zero-order valence-corrected chi connectivity index (χ0v) is 21.0. The number of para-hydroxylation sites is 2. The first-order chi connectivity index (χ1) is 18.7. The zero-order chi connectivity index (χ0) is 26.2. The molecule has 38 heavy (non-hydrogen) atoms. The molecule has 6 heteroatoms. The van der Waals surface area contributed by atoms with Gasteiger partial charge < -0.3 is 9.80 Å². The van der Waals surface area contributed by atoms with Gasteiger partial charge in [-0.2, -0.15) is 0 Å². The Labute approximate surface area is 221 Å². The highest BCUT2D eigenvalue weighted by atomic mass is 16.2. The molecule has 2 amide bonds. The number of pyridine rings is 2. The normalized spacial score (nSPS) is 14.6. The molecule has 2 aromatic heterocycles. The van der Waals surface area contributed by atoms with E-state index < -0.39 is 0 Å². The molecule has 0 saturated carbocycles. The van der Waals surface area contributed by atoms with Gasteiger partial charge in [-0.25, -0.2) is 0 Å². The molecule has 3 heterocycles. The summed E-state index contributed by atoms with van der Waals surface area (Å²) in [6.45, 7) is 2.06. The number of hydrogen-bond acceptors (Lipinski definition) is 4. The Morgan fingerprint density at radius 3 is 1.45 bits per heavy atom. The summed E-state index contributed by atoms with van der Waals surface area (Å²) >= 11 is 0. The lowest BCUT2D eigenvalue weighted by Gasteiger charge is -2.33. The van der Waals surface area contributed by atoms with Crippen LogP contribution >= 0.6 is 0 Å². The number of carbonyl (C=O) groups excluding carboxylic acids is 2. The lowest BCUT2D eigenvalue weighted by Crippen LogP contribution is -2.49. The number of rotatable bonds is 6. The smallest absolute Gasteiger partial charge is 0.246 e. The standard InChI is InChI=1S/C32H28N4O2/c37-31(15-7-1-9-25-17-19-33-29-13-5-3-11-27(25)29)35-21-23-36(24-22-35)32(38)16-8-2-10-26-18-20-34-30-14-6-4-12-28(26)30/h1-20H,21-24H2/b9-1+,10-2+,15-7+,16-8+. The lowest BCUT2D eigenvalue weighted by molar-refractivity contribution is -0.134. The Bertz CT molecular complexity index is 1450. The van der Waals surface area contributed by atoms with Crippen LogP contribution in [0.25, 0.3) is 34.0 Å². The fourth-order valence-corrected chi connectivity index (χ4v) is 4.48. The molecule has 1 aliphatic heterocycles. The quantitative estimate of drug-likeness (QED) is 0.266. The molecular weight excluding hydrogens is 472 g/mol. The fourth-order valence-electron chi connectivity index (χ4n) is 4.48. The SMILES string of the molecule is O=C(/C=C/C=C/c1ccnc2ccccc12)N1CCN(C(=O)/C=C/C=C/c2ccnc3ccccc23)CC1. The van der Waals surface area contributed by atoms with E-state index in [0.717, 1.165) is 32.9 Å². The van der Waals surface area contributed by atoms with Gasteiger partial charge in [0.05, 0.1) is 11.0 Å². The number of allylic oxidation sites excluding steroid dienone is 4. The summed E-state index contributed by atoms with van der Waals surface area (Å²) in [5.74, 6) is -0.103. The van der Waals surface area contributed by atoms with Crippen molar-refractivity contribution in [2.24, 2.45) is 0 Å². The second-order valence-corrected chi connectivity index (χ2v) is 8.92. The lowest BCUT2D eigenvalue weighted by atomic mass is 10.1. The average molecular weight is 501 g/mol. The number of amides is 2. The fraction of sp³-hybridized carbons (Fsp3) is 0.125. The number of aromatic nitrogens is 2. The van der Waals surface area contributed by atoms with Crippen molar-refractivity contribution in [3.8, 4) is 0 Å². The van der Waals surface area contributed by atoms with Crippen molar-refractivity contribution >= 4 is 45.8 Å². The minimum absolute atomic E-state index is 0.0515. The molecule has 0 aliphatic carbocycles. The molecule has 1 saturated heterocycles. The Morgan fingerprint density at radius 2 is 1.00 bits per heavy atom. The molecule has 0 atom stereocenters. The number of hydrogen-bond donors (Lipinski definition) is 0. The van der Waals surface area contributed by atoms with Gasteiger partial charge in [0, 0.05) is 61.5 Å². The van der Waals surface area contributed by atoms with Crippen LogP contribution in [0.15, 0.2) is 110 Å². The van der Waals surface area contributed by atoms with Gasteiger partial charge in [0.15, 0.2) is 0 Å². The van der Waals surface area contributed by atoms with E-state index in [1.807, 2.05) is 85.0 Å². The molecule has 188 valence electrons. The van der Waals surface area contributed by atoms with Gasteiger partial charge in [-0.3, -0.25) is 19.6 Å². The first-order valence-corrected chi connectivity index (χ1v) is 12.6. The molecule has 6 nitrogen and oxygen atoms in total. The largest absolute Gasteiger partial charge is 0.336 e. The number of carbonyl (C=O) groups is 2. The van der Waals surface area contributed by atoms with Crippen molar-refractivity contribution < 1.29 is 9.59 Å². The van der Waals surface area contributed by atoms with Crippen molar-refractivity contribution in [3.63, 3.8) is 0 Å². The van der Waals surface area contributed by atoms with E-state index >= 15 is 0 Å². The monoisotopic (exact) mass is 500 g/mol. The summed E-state index contributed by atoms with van der Waals surface area (Å²) in [6.07, 6.45) is 17.9. The average Bonchev–Trinajstić information content (AvgIpc) is 2.97. The molecule has 4 aromatic rings. The van der Waals surface area contributed by atoms with Crippen molar-refractivity contribution in [3.05, 3.63) is 121 Å². The summed E-state index contributed by atoms with van der Waals surface area (Å²) in [6, 6.07) is 19.8. The van der Waals surface area contributed by atoms with Crippen LogP contribution in [0.4, 0.5) is 0 Å². The van der Waals surface area contributed by atoms with E-state index in [1.54, 1.807) is 46.5 Å². The topological polar surface area (TPSA) is 66.4 Å². The first-order valence-electron chi connectivity index (χ1n) is 12.6. The number of fused-ring (bicyclic) bond motifs is 2. The van der Waals surface area contributed by atoms with Crippen molar-refractivity contribution in [2.45, 2.75) is 0 Å². The van der Waals surface area contributed by atoms with Crippen LogP contribution in [0.1, 0.15) is 11.1 Å². The van der Waals surface area contributed by atoms with E-state index in [1.165, 1.54) is 0 Å². The molecule has 0 bridgehead atoms. The van der Waals surface area contributed by atoms with Crippen LogP contribution in [-0.2, 0) is 9.59 Å². The predicted octanol–water partition coefficient (Wildman–Crippen LogP) is 5.29. The molecular formula is C32H28N4O2. The minimum atomic E-state index is -0.0515. The van der Waals surface area contributed by atoms with E-state index in [4.69, 9.17) is 0 Å². The van der Waals surface area contributed by atoms with Crippen molar-refractivity contribution in [1.29, 1.82) is 0 Å². The van der Waals surface area contributed by atoms with E-state index in [2.05, 4.69) is 9.97 Å². The number of piperazine rings is 1. The van der Waals surface area contributed by atoms with Gasteiger partial charge in [-0.15, -0.1) is 0 Å². The summed E-state index contributed by atoms with van der Waals surface area (Å²) in [7, 11) is 0. The van der Waals surface area contributed by atoms with Crippen LogP contribution in [0.5, 0.6) is 0 Å². The Morgan fingerprint density at radius 1 is 0.579 bits per heavy atom. The van der Waals surface area contributed by atoms with Gasteiger partial charge in [-0.05, 0) is 35.4 Å². The highest BCUT2D eigenvalue weighted by molar-refractivity contribution is 5.91. The van der Waals surface area contributed by atoms with Crippen molar-refractivity contribution in [2.75, 3.05) is 26.2 Å². The first kappa shape index (κ1) is 24.8. The summed E-state index contributed by atoms with van der Waals surface area (Å²) in [5.41, 5.74) is 3.99. The van der Waals surface area contributed by atoms with Gasteiger partial charge in [0.25, 0.3) is 0 Å². The summed E-state index contributed by atoms with van der Waals surface area (Å²) in [5, 5.41) is 2.14. The van der Waals surface area contributed by atoms with Crippen LogP contribution in [-0.4, -0.2) is 57.8 Å². The van der Waals surface area contributed by atoms with Gasteiger partial charge in [-0.1, -0.05) is 72.9 Å². The van der Waals surface area contributed by atoms with Crippen molar-refractivity contribution in [1.82, 2.24) is 19.8 Å². The third-order valence-corrected chi connectivity index (χ3v) is 6.52. The second kappa shape index (κ2) is 11.9. The highest BCUT2D eigenvalue weighted by Gasteiger charge is 2.21. The molecule has 0 N–H and O–H groups in total. The maximum absolute atomic E-state index is 12.6. The van der Waals surface area contributed by atoms with Crippen LogP contribution < -0.4 is 0 Å². The van der Waals surface area contributed by atoms with Crippen LogP contribution in [0.3, 0.4) is 0 Å². The molecule has 1 fully saturated rings. The van der Waals surface area contributed by atoms with Crippen LogP contribution in [0.2, 0.25) is 0 Å². The maximum atomic E-state index is 12.6. The molecule has 5 rings (SSSR count). The van der Waals surface area contributed by atoms with E-state index in [9.17, 15) is 9.59 Å². The van der Waals surface area contributed by atoms with Gasteiger partial charge in [0.2, 0.25) is 11.8 Å².